The number of ether oxygens (including phenoxy) is 10. The topological polar surface area (TPSA) is 207 Å². The van der Waals surface area contributed by atoms with Crippen LogP contribution in [0.25, 0.3) is 0 Å². The van der Waals surface area contributed by atoms with Gasteiger partial charge in [0.05, 0.1) is 59.8 Å². The third-order valence-electron chi connectivity index (χ3n) is 15.1. The van der Waals surface area contributed by atoms with Crippen LogP contribution in [0, 0.1) is 23.7 Å². The number of rotatable bonds is 14. The van der Waals surface area contributed by atoms with E-state index < -0.39 is 126 Å². The van der Waals surface area contributed by atoms with Crippen LogP contribution in [-0.2, 0) is 65.4 Å². The Hall–Kier alpha value is -3.91. The smallest absolute Gasteiger partial charge is 0.459 e. The number of amides is 1. The molecular formula is C52H77NO16. The maximum Gasteiger partial charge on any atom is 0.509 e. The third kappa shape index (κ3) is 12.2. The number of benzene rings is 2. The first-order valence-electron chi connectivity index (χ1n) is 24.5. The fourth-order valence-electron chi connectivity index (χ4n) is 11.0. The van der Waals surface area contributed by atoms with E-state index in [-0.39, 0.29) is 38.4 Å². The van der Waals surface area contributed by atoms with E-state index in [2.05, 4.69) is 0 Å². The van der Waals surface area contributed by atoms with Gasteiger partial charge in [0.2, 0.25) is 0 Å². The van der Waals surface area contributed by atoms with Gasteiger partial charge in [0.25, 0.3) is 0 Å². The van der Waals surface area contributed by atoms with Gasteiger partial charge >= 0.3 is 18.2 Å². The summed E-state index contributed by atoms with van der Waals surface area (Å²) in [6, 6.07) is 17.5. The van der Waals surface area contributed by atoms with E-state index in [1.165, 1.54) is 18.9 Å². The second-order valence-corrected chi connectivity index (χ2v) is 20.6. The first-order valence-corrected chi connectivity index (χ1v) is 24.5. The van der Waals surface area contributed by atoms with Crippen LogP contribution in [0.4, 0.5) is 9.59 Å². The Balaban J connectivity index is 1.42. The van der Waals surface area contributed by atoms with Gasteiger partial charge in [-0.05, 0) is 77.8 Å². The fraction of sp³-hybridized carbons (Fsp3) is 0.712. The summed E-state index contributed by atoms with van der Waals surface area (Å²) in [6.45, 7) is 17.7. The SMILES string of the molecule is CC[C@@H](O)[C@@](C)(O)[C@@H]1OC(=O)[C@H](C)[C@H](OC2CC(C)(OC)C(O)C(C)O2)[C@H](C)[C@@H](OC2OC(C)CC(N(C)C(=O)OCc3ccccc3)C2OC(=O)OCc2ccccc2)[C@]2(C)CC(C)C(O2)[C@@H]1C. The lowest BCUT2D eigenvalue weighted by Gasteiger charge is -2.49. The van der Waals surface area contributed by atoms with Gasteiger partial charge in [-0.2, -0.15) is 0 Å². The van der Waals surface area contributed by atoms with E-state index >= 15 is 0 Å². The summed E-state index contributed by atoms with van der Waals surface area (Å²) in [5.74, 6) is -3.38. The summed E-state index contributed by atoms with van der Waals surface area (Å²) in [5.41, 5.74) is -2.62. The average Bonchev–Trinajstić information content (AvgIpc) is 3.65. The number of carbonyl (C=O) groups excluding carboxylic acids is 3. The number of fused-ring (bicyclic) bond motifs is 2. The molecule has 69 heavy (non-hydrogen) atoms. The van der Waals surface area contributed by atoms with Gasteiger partial charge in [0.15, 0.2) is 18.7 Å². The molecule has 386 valence electrons. The molecule has 19 atom stereocenters. The fourth-order valence-corrected chi connectivity index (χ4v) is 11.0. The standard InChI is InChI=1S/C52H77NO16/c1-13-38(54)52(10,59)45-31(4)40-29(2)25-51(9,69-40)44(32(5)41(33(6)46(56)67-45)65-39-26-50(8,60-12)43(55)34(7)64-39)68-47-42(66-49(58)62-28-36-22-18-15-19-23-36)37(24-30(3)63-47)53(11)48(57)61-27-35-20-16-14-17-21-35/h14-23,29-34,37-45,47,54-55,59H,13,24-28H2,1-12H3/t29?,30?,31-,32-,33+,34?,37?,38+,39?,40?,41+,42?,43?,44+,45+,47?,50?,51-,52+/m0/s1. The monoisotopic (exact) mass is 972 g/mol. The number of carbonyl (C=O) groups is 3. The van der Waals surface area contributed by atoms with E-state index in [1.54, 1.807) is 34.7 Å². The van der Waals surface area contributed by atoms with Crippen LogP contribution in [0.3, 0.4) is 0 Å². The molecule has 3 N–H and O–H groups in total. The highest BCUT2D eigenvalue weighted by molar-refractivity contribution is 5.73. The highest BCUT2D eigenvalue weighted by Gasteiger charge is 2.59. The van der Waals surface area contributed by atoms with Crippen LogP contribution >= 0.6 is 0 Å². The lowest BCUT2D eigenvalue weighted by Crippen LogP contribution is -2.61. The Bertz CT molecular complexity index is 1990. The van der Waals surface area contributed by atoms with Crippen molar-refractivity contribution in [3.63, 3.8) is 0 Å². The van der Waals surface area contributed by atoms with Gasteiger partial charge in [-0.1, -0.05) is 88.4 Å². The van der Waals surface area contributed by atoms with Crippen molar-refractivity contribution in [1.82, 2.24) is 4.90 Å². The van der Waals surface area contributed by atoms with E-state index in [0.717, 1.165) is 11.1 Å². The molecule has 4 fully saturated rings. The minimum Gasteiger partial charge on any atom is -0.459 e. The normalized spacial score (nSPS) is 38.7. The lowest BCUT2D eigenvalue weighted by molar-refractivity contribution is -0.318. The minimum atomic E-state index is -1.88. The van der Waals surface area contributed by atoms with Crippen molar-refractivity contribution in [2.24, 2.45) is 23.7 Å². The Morgan fingerprint density at radius 1 is 0.884 bits per heavy atom. The number of likely N-dealkylation sites (N-methyl/N-ethyl adjacent to an activating group) is 1. The van der Waals surface area contributed by atoms with Gasteiger partial charge in [-0.25, -0.2) is 9.59 Å². The van der Waals surface area contributed by atoms with Gasteiger partial charge in [-0.15, -0.1) is 0 Å². The van der Waals surface area contributed by atoms with Crippen LogP contribution < -0.4 is 0 Å². The van der Waals surface area contributed by atoms with Crippen LogP contribution in [0.2, 0.25) is 0 Å². The predicted octanol–water partition coefficient (Wildman–Crippen LogP) is 6.69. The molecule has 17 nitrogen and oxygen atoms in total. The van der Waals surface area contributed by atoms with E-state index in [9.17, 15) is 29.7 Å². The number of aliphatic hydroxyl groups excluding tert-OH is 2. The van der Waals surface area contributed by atoms with Gasteiger partial charge in [-0.3, -0.25) is 4.79 Å². The Morgan fingerprint density at radius 2 is 1.49 bits per heavy atom. The van der Waals surface area contributed by atoms with Crippen LogP contribution in [-0.4, -0.2) is 143 Å². The summed E-state index contributed by atoms with van der Waals surface area (Å²) < 4.78 is 63.9. The van der Waals surface area contributed by atoms with Crippen molar-refractivity contribution in [3.8, 4) is 0 Å². The first-order chi connectivity index (χ1) is 32.5. The molecule has 0 saturated carbocycles. The molecule has 4 aliphatic heterocycles. The van der Waals surface area contributed by atoms with Crippen molar-refractivity contribution in [3.05, 3.63) is 71.8 Å². The summed E-state index contributed by atoms with van der Waals surface area (Å²) in [6.07, 6.45) is -11.8. The number of cyclic esters (lactones) is 1. The maximum atomic E-state index is 14.7. The molecule has 1 amide bonds. The summed E-state index contributed by atoms with van der Waals surface area (Å²) >= 11 is 0. The number of methoxy groups -OCH3 is 1. The van der Waals surface area contributed by atoms with E-state index in [4.69, 9.17) is 47.4 Å². The van der Waals surface area contributed by atoms with E-state index in [0.29, 0.717) is 6.42 Å². The van der Waals surface area contributed by atoms with Crippen molar-refractivity contribution in [2.45, 2.75) is 198 Å². The summed E-state index contributed by atoms with van der Waals surface area (Å²) in [4.78, 5) is 43.8. The summed E-state index contributed by atoms with van der Waals surface area (Å²) in [5, 5.41) is 34.3. The third-order valence-corrected chi connectivity index (χ3v) is 15.1. The molecule has 2 aromatic carbocycles. The number of esters is 1. The maximum absolute atomic E-state index is 14.7. The molecule has 0 spiro atoms. The average molecular weight is 972 g/mol. The van der Waals surface area contributed by atoms with Crippen LogP contribution in [0.1, 0.15) is 106 Å². The molecule has 4 heterocycles. The Morgan fingerprint density at radius 3 is 2.09 bits per heavy atom. The number of hydrogen-bond acceptors (Lipinski definition) is 16. The quantitative estimate of drug-likeness (QED) is 0.133. The molecule has 6 rings (SSSR count). The molecular weight excluding hydrogens is 895 g/mol. The molecule has 17 heteroatoms. The van der Waals surface area contributed by atoms with Crippen molar-refractivity contribution < 1.29 is 77.1 Å². The van der Waals surface area contributed by atoms with Crippen molar-refractivity contribution in [2.75, 3.05) is 14.2 Å². The first kappa shape index (κ1) is 54.4. The zero-order chi connectivity index (χ0) is 50.6. The zero-order valence-corrected chi connectivity index (χ0v) is 42.3. The predicted molar refractivity (Wildman–Crippen MR) is 250 cm³/mol. The van der Waals surface area contributed by atoms with Crippen LogP contribution in [0.5, 0.6) is 0 Å². The van der Waals surface area contributed by atoms with Crippen LogP contribution in [0.15, 0.2) is 60.7 Å². The number of aliphatic hydroxyl groups is 3. The molecule has 4 aliphatic rings. The van der Waals surface area contributed by atoms with Crippen molar-refractivity contribution >= 4 is 18.2 Å². The van der Waals surface area contributed by atoms with Gasteiger partial charge in [0, 0.05) is 32.4 Å². The molecule has 4 saturated heterocycles. The van der Waals surface area contributed by atoms with Gasteiger partial charge in [0.1, 0.15) is 31.0 Å². The largest absolute Gasteiger partial charge is 0.509 e. The second-order valence-electron chi connectivity index (χ2n) is 20.6. The van der Waals surface area contributed by atoms with Crippen molar-refractivity contribution in [1.29, 1.82) is 0 Å². The molecule has 2 bridgehead atoms. The zero-order valence-electron chi connectivity index (χ0n) is 42.3. The summed E-state index contributed by atoms with van der Waals surface area (Å²) in [7, 11) is 3.07. The Labute approximate surface area is 407 Å². The molecule has 0 aromatic heterocycles. The molecule has 10 unspecified atom stereocenters. The van der Waals surface area contributed by atoms with E-state index in [1.807, 2.05) is 95.3 Å². The molecule has 0 aliphatic carbocycles. The second kappa shape index (κ2) is 22.7. The number of nitrogens with zero attached hydrogens (tertiary/aromatic N) is 1. The molecule has 2 aromatic rings. The number of hydrogen-bond donors (Lipinski definition) is 3. The molecule has 0 radical (unpaired) electrons. The highest BCUT2D eigenvalue weighted by Crippen LogP contribution is 2.49. The van der Waals surface area contributed by atoms with Gasteiger partial charge < -0.3 is 67.6 Å². The minimum absolute atomic E-state index is 0.00208. The highest BCUT2D eigenvalue weighted by atomic mass is 16.8. The lowest BCUT2D eigenvalue weighted by atomic mass is 9.76. The Kier molecular flexibility index (Phi) is 17.9.